The van der Waals surface area contributed by atoms with E-state index in [0.29, 0.717) is 31.1 Å². The number of imide groups is 1. The molecule has 188 valence electrons. The molecule has 1 aromatic heterocycles. The molecule has 1 N–H and O–H groups in total. The minimum absolute atomic E-state index is 0.370. The van der Waals surface area contributed by atoms with E-state index < -0.39 is 0 Å². The minimum atomic E-state index is -0.385. The van der Waals surface area contributed by atoms with Crippen LogP contribution in [0.15, 0.2) is 54.6 Å². The molecule has 0 bridgehead atoms. The average Bonchev–Trinajstić information content (AvgIpc) is 3.52. The smallest absolute Gasteiger partial charge is 0.324 e. The summed E-state index contributed by atoms with van der Waals surface area (Å²) in [6, 6.07) is 17.2. The van der Waals surface area contributed by atoms with Crippen LogP contribution in [0.2, 0.25) is 0 Å². The van der Waals surface area contributed by atoms with Crippen molar-refractivity contribution in [2.45, 2.75) is 45.2 Å². The van der Waals surface area contributed by atoms with E-state index in [2.05, 4.69) is 17.1 Å². The Hall–Kier alpha value is -3.23. The fraction of sp³-hybridized carbons (Fsp3) is 0.393. The molecule has 7 nitrogen and oxygen atoms in total. The van der Waals surface area contributed by atoms with E-state index in [1.54, 1.807) is 40.5 Å². The standard InChI is InChI=1S/C28H32N4O3S/c1-20-7-5-15-31(20)16-6-18-35-23-12-10-22(11-13-23)27-29-24-14-17-32(19-25(24)36-27)28(34)30-26(33)21-8-3-2-4-9-21/h2-4,8-13,20H,5-7,14-19H2,1H3,(H,30,33,34). The molecule has 3 amide bonds. The minimum Gasteiger partial charge on any atom is -0.494 e. The van der Waals surface area contributed by atoms with Gasteiger partial charge in [-0.05, 0) is 69.1 Å². The van der Waals surface area contributed by atoms with Gasteiger partial charge in [-0.3, -0.25) is 10.1 Å². The number of thiazole rings is 1. The van der Waals surface area contributed by atoms with E-state index in [0.717, 1.165) is 46.5 Å². The van der Waals surface area contributed by atoms with Crippen LogP contribution in [-0.2, 0) is 13.0 Å². The number of ether oxygens (including phenoxy) is 1. The van der Waals surface area contributed by atoms with Gasteiger partial charge in [-0.15, -0.1) is 11.3 Å². The van der Waals surface area contributed by atoms with Crippen LogP contribution in [-0.4, -0.2) is 59.0 Å². The number of nitrogens with zero attached hydrogens (tertiary/aromatic N) is 3. The molecule has 2 aromatic carbocycles. The second-order valence-corrected chi connectivity index (χ2v) is 10.5. The summed E-state index contributed by atoms with van der Waals surface area (Å²) in [6.07, 6.45) is 4.33. The molecular weight excluding hydrogens is 472 g/mol. The molecule has 1 atom stereocenters. The molecule has 1 saturated heterocycles. The molecule has 5 rings (SSSR count). The molecule has 2 aliphatic rings. The van der Waals surface area contributed by atoms with Gasteiger partial charge in [-0.1, -0.05) is 18.2 Å². The number of carbonyl (C=O) groups is 2. The molecule has 3 heterocycles. The normalized spacial score (nSPS) is 17.6. The van der Waals surface area contributed by atoms with E-state index in [1.807, 2.05) is 30.3 Å². The summed E-state index contributed by atoms with van der Waals surface area (Å²) in [5.41, 5.74) is 2.55. The number of aromatic nitrogens is 1. The Balaban J connectivity index is 1.13. The van der Waals surface area contributed by atoms with Gasteiger partial charge >= 0.3 is 6.03 Å². The highest BCUT2D eigenvalue weighted by Gasteiger charge is 2.26. The number of amides is 3. The zero-order valence-corrected chi connectivity index (χ0v) is 21.4. The predicted molar refractivity (Wildman–Crippen MR) is 141 cm³/mol. The Kier molecular flexibility index (Phi) is 7.63. The van der Waals surface area contributed by atoms with Crippen molar-refractivity contribution in [2.75, 3.05) is 26.2 Å². The van der Waals surface area contributed by atoms with Crippen LogP contribution in [0.5, 0.6) is 5.75 Å². The highest BCUT2D eigenvalue weighted by atomic mass is 32.1. The largest absolute Gasteiger partial charge is 0.494 e. The summed E-state index contributed by atoms with van der Waals surface area (Å²) >= 11 is 1.60. The van der Waals surface area contributed by atoms with Gasteiger partial charge in [0.15, 0.2) is 0 Å². The summed E-state index contributed by atoms with van der Waals surface area (Å²) in [4.78, 5) is 35.1. The van der Waals surface area contributed by atoms with E-state index in [1.165, 1.54) is 19.4 Å². The van der Waals surface area contributed by atoms with Crippen molar-refractivity contribution < 1.29 is 14.3 Å². The van der Waals surface area contributed by atoms with Crippen LogP contribution in [0.25, 0.3) is 10.6 Å². The zero-order chi connectivity index (χ0) is 24.9. The summed E-state index contributed by atoms with van der Waals surface area (Å²) in [7, 11) is 0. The number of hydrogen-bond donors (Lipinski definition) is 1. The molecule has 1 unspecified atom stereocenters. The number of likely N-dealkylation sites (tertiary alicyclic amines) is 1. The lowest BCUT2D eigenvalue weighted by atomic mass is 10.2. The third-order valence-corrected chi connectivity index (χ3v) is 8.06. The van der Waals surface area contributed by atoms with Gasteiger partial charge in [-0.25, -0.2) is 9.78 Å². The first kappa shape index (κ1) is 24.5. The van der Waals surface area contributed by atoms with Crippen LogP contribution in [0.3, 0.4) is 0 Å². The van der Waals surface area contributed by atoms with Crippen molar-refractivity contribution in [1.29, 1.82) is 0 Å². The van der Waals surface area contributed by atoms with Crippen molar-refractivity contribution in [3.05, 3.63) is 70.7 Å². The number of hydrogen-bond acceptors (Lipinski definition) is 6. The molecule has 0 saturated carbocycles. The number of fused-ring (bicyclic) bond motifs is 1. The van der Waals surface area contributed by atoms with Crippen LogP contribution >= 0.6 is 11.3 Å². The summed E-state index contributed by atoms with van der Waals surface area (Å²) < 4.78 is 5.95. The third-order valence-electron chi connectivity index (χ3n) is 6.93. The Morgan fingerprint density at radius 3 is 2.67 bits per heavy atom. The van der Waals surface area contributed by atoms with Gasteiger partial charge in [0.05, 0.1) is 18.8 Å². The van der Waals surface area contributed by atoms with Gasteiger partial charge in [0.25, 0.3) is 5.91 Å². The van der Waals surface area contributed by atoms with Crippen molar-refractivity contribution in [1.82, 2.24) is 20.1 Å². The Bertz CT molecular complexity index is 1200. The predicted octanol–water partition coefficient (Wildman–Crippen LogP) is 4.97. The van der Waals surface area contributed by atoms with E-state index in [-0.39, 0.29) is 11.9 Å². The summed E-state index contributed by atoms with van der Waals surface area (Å²) in [5.74, 6) is 0.491. The maximum atomic E-state index is 12.7. The number of urea groups is 1. The molecule has 2 aliphatic heterocycles. The van der Waals surface area contributed by atoms with Crippen molar-refractivity contribution in [3.63, 3.8) is 0 Å². The Morgan fingerprint density at radius 1 is 1.11 bits per heavy atom. The maximum absolute atomic E-state index is 12.7. The zero-order valence-electron chi connectivity index (χ0n) is 20.6. The van der Waals surface area contributed by atoms with Gasteiger partial charge in [-0.2, -0.15) is 0 Å². The molecule has 0 aliphatic carbocycles. The number of rotatable bonds is 7. The van der Waals surface area contributed by atoms with Crippen LogP contribution < -0.4 is 10.1 Å². The summed E-state index contributed by atoms with van der Waals surface area (Å²) in [6.45, 7) is 6.33. The van der Waals surface area contributed by atoms with Crippen molar-refractivity contribution in [2.24, 2.45) is 0 Å². The lowest BCUT2D eigenvalue weighted by molar-refractivity contribution is 0.0950. The number of benzene rings is 2. The van der Waals surface area contributed by atoms with Gasteiger partial charge in [0.2, 0.25) is 0 Å². The highest BCUT2D eigenvalue weighted by molar-refractivity contribution is 7.15. The lowest BCUT2D eigenvalue weighted by Gasteiger charge is -2.25. The average molecular weight is 505 g/mol. The molecule has 1 fully saturated rings. The molecule has 0 radical (unpaired) electrons. The monoisotopic (exact) mass is 504 g/mol. The van der Waals surface area contributed by atoms with Crippen LogP contribution in [0, 0.1) is 0 Å². The second kappa shape index (κ2) is 11.2. The van der Waals surface area contributed by atoms with Gasteiger partial charge in [0.1, 0.15) is 10.8 Å². The van der Waals surface area contributed by atoms with Crippen LogP contribution in [0.1, 0.15) is 47.1 Å². The Morgan fingerprint density at radius 2 is 1.92 bits per heavy atom. The van der Waals surface area contributed by atoms with Crippen LogP contribution in [0.4, 0.5) is 4.79 Å². The number of carbonyl (C=O) groups excluding carboxylic acids is 2. The van der Waals surface area contributed by atoms with E-state index in [4.69, 9.17) is 9.72 Å². The van der Waals surface area contributed by atoms with E-state index >= 15 is 0 Å². The third kappa shape index (κ3) is 5.77. The van der Waals surface area contributed by atoms with E-state index in [9.17, 15) is 9.59 Å². The summed E-state index contributed by atoms with van der Waals surface area (Å²) in [5, 5.41) is 3.44. The SMILES string of the molecule is CC1CCCN1CCCOc1ccc(-c2nc3c(s2)CN(C(=O)NC(=O)c2ccccc2)CC3)cc1. The van der Waals surface area contributed by atoms with Crippen molar-refractivity contribution in [3.8, 4) is 16.3 Å². The molecule has 36 heavy (non-hydrogen) atoms. The molecule has 0 spiro atoms. The topological polar surface area (TPSA) is 74.8 Å². The molecule has 3 aromatic rings. The lowest BCUT2D eigenvalue weighted by Crippen LogP contribution is -2.44. The quantitative estimate of drug-likeness (QED) is 0.460. The van der Waals surface area contributed by atoms with Gasteiger partial charge in [0, 0.05) is 41.6 Å². The first-order valence-electron chi connectivity index (χ1n) is 12.7. The highest BCUT2D eigenvalue weighted by Crippen LogP contribution is 2.32. The first-order valence-corrected chi connectivity index (χ1v) is 13.5. The Labute approximate surface area is 216 Å². The van der Waals surface area contributed by atoms with Gasteiger partial charge < -0.3 is 14.5 Å². The number of nitrogens with one attached hydrogen (secondary N) is 1. The fourth-order valence-corrected chi connectivity index (χ4v) is 5.94. The fourth-order valence-electron chi connectivity index (χ4n) is 4.81. The van der Waals surface area contributed by atoms with Crippen molar-refractivity contribution >= 4 is 23.3 Å². The molecular formula is C28H32N4O3S. The first-order chi connectivity index (χ1) is 17.6. The maximum Gasteiger partial charge on any atom is 0.324 e. The second-order valence-electron chi connectivity index (χ2n) is 9.44. The molecule has 8 heteroatoms.